The predicted molar refractivity (Wildman–Crippen MR) is 129 cm³/mol. The number of thiophene rings is 1. The van der Waals surface area contributed by atoms with Gasteiger partial charge in [0.15, 0.2) is 0 Å². The van der Waals surface area contributed by atoms with Crippen LogP contribution in [0.1, 0.15) is 23.7 Å². The molecule has 10 nitrogen and oxygen atoms in total. The monoisotopic (exact) mass is 513 g/mol. The van der Waals surface area contributed by atoms with Crippen molar-refractivity contribution in [3.8, 4) is 16.3 Å². The number of sulfonamides is 1. The quantitative estimate of drug-likeness (QED) is 0.309. The average Bonchev–Trinajstić information content (AvgIpc) is 3.55. The van der Waals surface area contributed by atoms with Crippen molar-refractivity contribution in [1.82, 2.24) is 24.7 Å². The summed E-state index contributed by atoms with van der Waals surface area (Å²) in [6.45, 7) is -0.0700. The van der Waals surface area contributed by atoms with E-state index in [0.717, 1.165) is 21.8 Å². The third kappa shape index (κ3) is 6.10. The zero-order valence-electron chi connectivity index (χ0n) is 18.7. The standard InChI is InChI=1S/C23H23N5O5S2/c1-33-22(30)13-17(12-16-5-7-19(29)8-6-16)28-18(14-25-27-28)15-26-35(31,32)23-10-9-21(34-23)20-4-2-3-11-24-20/h2-11,14,17,26,29H,12-13,15H2,1H3/t17-/m0/s1. The number of phenols is 1. The number of esters is 1. The lowest BCUT2D eigenvalue weighted by molar-refractivity contribution is -0.141. The summed E-state index contributed by atoms with van der Waals surface area (Å²) in [5.74, 6) is -0.301. The molecule has 1 aromatic carbocycles. The first kappa shape index (κ1) is 24.5. The Kier molecular flexibility index (Phi) is 7.54. The van der Waals surface area contributed by atoms with E-state index < -0.39 is 22.0 Å². The van der Waals surface area contributed by atoms with E-state index in [1.54, 1.807) is 42.6 Å². The molecule has 0 unspecified atom stereocenters. The van der Waals surface area contributed by atoms with Crippen molar-refractivity contribution in [3.63, 3.8) is 0 Å². The first-order valence-electron chi connectivity index (χ1n) is 10.6. The number of hydrogen-bond donors (Lipinski definition) is 2. The van der Waals surface area contributed by atoms with Crippen LogP contribution in [0.2, 0.25) is 0 Å². The molecule has 4 aromatic rings. The number of aromatic hydroxyl groups is 1. The van der Waals surface area contributed by atoms with E-state index in [1.807, 2.05) is 12.1 Å². The van der Waals surface area contributed by atoms with E-state index in [1.165, 1.54) is 24.1 Å². The lowest BCUT2D eigenvalue weighted by Crippen LogP contribution is -2.26. The number of nitrogens with one attached hydrogen (secondary N) is 1. The highest BCUT2D eigenvalue weighted by Crippen LogP contribution is 2.29. The lowest BCUT2D eigenvalue weighted by atomic mass is 10.0. The number of methoxy groups -OCH3 is 1. The molecule has 0 bridgehead atoms. The molecule has 0 saturated heterocycles. The van der Waals surface area contributed by atoms with Crippen molar-refractivity contribution in [3.05, 3.63) is 78.2 Å². The number of ether oxygens (including phenoxy) is 1. The summed E-state index contributed by atoms with van der Waals surface area (Å²) in [5.41, 5.74) is 2.04. The average molecular weight is 514 g/mol. The van der Waals surface area contributed by atoms with Crippen molar-refractivity contribution in [1.29, 1.82) is 0 Å². The fourth-order valence-corrected chi connectivity index (χ4v) is 5.80. The van der Waals surface area contributed by atoms with Gasteiger partial charge in [0.25, 0.3) is 0 Å². The molecule has 0 aliphatic rings. The number of phenolic OH excluding ortho intramolecular Hbond substituents is 1. The maximum atomic E-state index is 12.9. The van der Waals surface area contributed by atoms with E-state index in [-0.39, 0.29) is 22.9 Å². The van der Waals surface area contributed by atoms with Gasteiger partial charge in [-0.05, 0) is 48.4 Å². The van der Waals surface area contributed by atoms with Crippen molar-refractivity contribution < 1.29 is 23.1 Å². The smallest absolute Gasteiger partial charge is 0.307 e. The molecule has 35 heavy (non-hydrogen) atoms. The third-order valence-electron chi connectivity index (χ3n) is 5.24. The Balaban J connectivity index is 1.51. The van der Waals surface area contributed by atoms with Gasteiger partial charge in [-0.15, -0.1) is 16.4 Å². The molecular formula is C23H23N5O5S2. The molecule has 0 radical (unpaired) electrons. The highest BCUT2D eigenvalue weighted by molar-refractivity contribution is 7.91. The largest absolute Gasteiger partial charge is 0.508 e. The minimum atomic E-state index is -3.80. The van der Waals surface area contributed by atoms with Crippen molar-refractivity contribution in [2.24, 2.45) is 0 Å². The van der Waals surface area contributed by atoms with Crippen LogP contribution in [0.15, 0.2) is 71.2 Å². The molecular weight excluding hydrogens is 490 g/mol. The number of hydrogen-bond acceptors (Lipinski definition) is 9. The molecule has 0 saturated carbocycles. The Bertz CT molecular complexity index is 1390. The summed E-state index contributed by atoms with van der Waals surface area (Å²) in [5, 5.41) is 17.6. The summed E-state index contributed by atoms with van der Waals surface area (Å²) < 4.78 is 35.0. The molecule has 182 valence electrons. The zero-order chi connectivity index (χ0) is 24.8. The number of carbonyl (C=O) groups is 1. The molecule has 1 atom stereocenters. The summed E-state index contributed by atoms with van der Waals surface area (Å²) >= 11 is 1.12. The predicted octanol–water partition coefficient (Wildman–Crippen LogP) is 2.93. The van der Waals surface area contributed by atoms with E-state index in [0.29, 0.717) is 17.8 Å². The highest BCUT2D eigenvalue weighted by Gasteiger charge is 2.23. The van der Waals surface area contributed by atoms with Crippen LogP contribution in [-0.2, 0) is 32.5 Å². The van der Waals surface area contributed by atoms with Crippen molar-refractivity contribution in [2.75, 3.05) is 7.11 Å². The maximum absolute atomic E-state index is 12.9. The number of nitrogens with zero attached hydrogens (tertiary/aromatic N) is 4. The van der Waals surface area contributed by atoms with Gasteiger partial charge in [0.2, 0.25) is 10.0 Å². The van der Waals surface area contributed by atoms with E-state index in [4.69, 9.17) is 4.74 Å². The number of benzene rings is 1. The molecule has 4 rings (SSSR count). The van der Waals surface area contributed by atoms with Crippen LogP contribution < -0.4 is 4.72 Å². The van der Waals surface area contributed by atoms with Crippen molar-refractivity contribution >= 4 is 27.3 Å². The van der Waals surface area contributed by atoms with Crippen LogP contribution in [0.25, 0.3) is 10.6 Å². The van der Waals surface area contributed by atoms with Gasteiger partial charge in [-0.2, -0.15) is 0 Å². The Labute approximate surface area is 206 Å². The third-order valence-corrected chi connectivity index (χ3v) is 8.24. The first-order valence-corrected chi connectivity index (χ1v) is 12.9. The highest BCUT2D eigenvalue weighted by atomic mass is 32.2. The van der Waals surface area contributed by atoms with Gasteiger partial charge in [-0.1, -0.05) is 23.4 Å². The van der Waals surface area contributed by atoms with E-state index >= 15 is 0 Å². The molecule has 3 heterocycles. The Morgan fingerprint density at radius 2 is 1.97 bits per heavy atom. The minimum absolute atomic E-state index is 0.0127. The number of aromatic nitrogens is 4. The Hall–Kier alpha value is -3.61. The zero-order valence-corrected chi connectivity index (χ0v) is 20.4. The molecule has 0 aliphatic heterocycles. The summed E-state index contributed by atoms with van der Waals surface area (Å²) in [7, 11) is -2.50. The lowest BCUT2D eigenvalue weighted by Gasteiger charge is -2.19. The van der Waals surface area contributed by atoms with E-state index in [9.17, 15) is 18.3 Å². The number of rotatable bonds is 10. The molecule has 0 amide bonds. The number of carbonyl (C=O) groups excluding carboxylic acids is 1. The topological polar surface area (TPSA) is 136 Å². The van der Waals surface area contributed by atoms with Gasteiger partial charge in [0.05, 0.1) is 48.6 Å². The number of pyridine rings is 1. The molecule has 2 N–H and O–H groups in total. The van der Waals surface area contributed by atoms with Crippen LogP contribution >= 0.6 is 11.3 Å². The van der Waals surface area contributed by atoms with Crippen LogP contribution in [0.3, 0.4) is 0 Å². The fourth-order valence-electron chi connectivity index (χ4n) is 3.47. The molecule has 0 spiro atoms. The minimum Gasteiger partial charge on any atom is -0.508 e. The van der Waals surface area contributed by atoms with Crippen LogP contribution in [0, 0.1) is 0 Å². The summed E-state index contributed by atoms with van der Waals surface area (Å²) in [6.07, 6.45) is 3.52. The Morgan fingerprint density at radius 1 is 1.17 bits per heavy atom. The van der Waals surface area contributed by atoms with Gasteiger partial charge in [-0.3, -0.25) is 9.78 Å². The second kappa shape index (κ2) is 10.8. The van der Waals surface area contributed by atoms with Crippen LogP contribution in [0.5, 0.6) is 5.75 Å². The van der Waals surface area contributed by atoms with E-state index in [2.05, 4.69) is 20.0 Å². The summed E-state index contributed by atoms with van der Waals surface area (Å²) in [4.78, 5) is 17.1. The summed E-state index contributed by atoms with van der Waals surface area (Å²) in [6, 6.07) is 14.8. The van der Waals surface area contributed by atoms with Gasteiger partial charge >= 0.3 is 5.97 Å². The molecule has 3 aromatic heterocycles. The maximum Gasteiger partial charge on any atom is 0.307 e. The van der Waals surface area contributed by atoms with Gasteiger partial charge in [0.1, 0.15) is 9.96 Å². The van der Waals surface area contributed by atoms with Crippen LogP contribution in [-0.4, -0.2) is 46.6 Å². The molecule has 12 heteroatoms. The molecule has 0 aliphatic carbocycles. The molecule has 0 fully saturated rings. The fraction of sp³-hybridized carbons (Fsp3) is 0.217. The SMILES string of the molecule is COC(=O)C[C@H](Cc1ccc(O)cc1)n1nncc1CNS(=O)(=O)c1ccc(-c2ccccn2)s1. The van der Waals surface area contributed by atoms with Crippen LogP contribution in [0.4, 0.5) is 0 Å². The Morgan fingerprint density at radius 3 is 2.69 bits per heavy atom. The van der Waals surface area contributed by atoms with Gasteiger partial charge < -0.3 is 9.84 Å². The second-order valence-electron chi connectivity index (χ2n) is 7.63. The van der Waals surface area contributed by atoms with Crippen molar-refractivity contribution in [2.45, 2.75) is 29.6 Å². The van der Waals surface area contributed by atoms with Gasteiger partial charge in [-0.25, -0.2) is 17.8 Å². The second-order valence-corrected chi connectivity index (χ2v) is 10.7. The van der Waals surface area contributed by atoms with Gasteiger partial charge in [0, 0.05) is 6.20 Å². The first-order chi connectivity index (χ1) is 16.9. The normalized spacial score (nSPS) is 12.4.